The van der Waals surface area contributed by atoms with Crippen LogP contribution in [0.3, 0.4) is 0 Å². The Hall–Kier alpha value is -5.16. The molecule has 0 fully saturated rings. The highest BCUT2D eigenvalue weighted by molar-refractivity contribution is 7.27. The molecule has 0 bridgehead atoms. The van der Waals surface area contributed by atoms with Gasteiger partial charge in [0, 0.05) is 36.6 Å². The lowest BCUT2D eigenvalue weighted by molar-refractivity contribution is 1.33. The van der Waals surface area contributed by atoms with E-state index < -0.39 is 0 Å². The van der Waals surface area contributed by atoms with Crippen LogP contribution in [0.2, 0.25) is 0 Å². The topological polar surface area (TPSA) is 3.24 Å². The largest absolute Gasteiger partial charge is 0.309 e. The van der Waals surface area contributed by atoms with Gasteiger partial charge in [0.25, 0.3) is 0 Å². The molecule has 4 heteroatoms. The number of benzene rings is 7. The number of nitrogens with zero attached hydrogens (tertiary/aromatic N) is 1. The van der Waals surface area contributed by atoms with Gasteiger partial charge in [0.2, 0.25) is 6.71 Å². The fraction of sp³-hybridized carbons (Fsp3) is 0. The second kappa shape index (κ2) is 9.20. The van der Waals surface area contributed by atoms with Crippen LogP contribution in [0.15, 0.2) is 146 Å². The summed E-state index contributed by atoms with van der Waals surface area (Å²) in [5.74, 6) is 0. The lowest BCUT2D eigenvalue weighted by Gasteiger charge is -2.37. The molecule has 4 heterocycles. The molecule has 0 N–H and O–H groups in total. The molecule has 0 radical (unpaired) electrons. The second-order valence-corrected chi connectivity index (χ2v) is 14.5. The van der Waals surface area contributed by atoms with Crippen LogP contribution >= 0.6 is 22.7 Å². The predicted octanol–water partition coefficient (Wildman–Crippen LogP) is 10.4. The quantitative estimate of drug-likeness (QED) is 0.175. The highest BCUT2D eigenvalue weighted by Gasteiger charge is 2.44. The van der Waals surface area contributed by atoms with E-state index in [4.69, 9.17) is 0 Å². The van der Waals surface area contributed by atoms with Crippen molar-refractivity contribution in [1.82, 2.24) is 0 Å². The Kier molecular flexibility index (Phi) is 5.02. The Morgan fingerprint density at radius 1 is 0.435 bits per heavy atom. The van der Waals surface area contributed by atoms with E-state index >= 15 is 0 Å². The van der Waals surface area contributed by atoms with Gasteiger partial charge >= 0.3 is 0 Å². The summed E-state index contributed by atoms with van der Waals surface area (Å²) < 4.78 is 5.36. The summed E-state index contributed by atoms with van der Waals surface area (Å²) in [7, 11) is 0. The zero-order valence-electron chi connectivity index (χ0n) is 24.7. The number of fused-ring (bicyclic) bond motifs is 12. The molecular weight excluding hydrogens is 593 g/mol. The highest BCUT2D eigenvalue weighted by Crippen LogP contribution is 2.51. The van der Waals surface area contributed by atoms with Gasteiger partial charge in [0.05, 0.1) is 20.8 Å². The summed E-state index contributed by atoms with van der Waals surface area (Å²) in [4.78, 5) is 2.64. The molecule has 0 amide bonds. The fourth-order valence-electron chi connectivity index (χ4n) is 8.15. The molecule has 0 saturated heterocycles. The fourth-order valence-corrected chi connectivity index (χ4v) is 10.6. The first-order valence-corrected chi connectivity index (χ1v) is 17.4. The number of hydrogen-bond donors (Lipinski definition) is 0. The van der Waals surface area contributed by atoms with Crippen LogP contribution in [0.5, 0.6) is 0 Å². The van der Waals surface area contributed by atoms with E-state index in [9.17, 15) is 0 Å². The molecule has 2 aliphatic heterocycles. The molecule has 9 aromatic rings. The Bertz CT molecular complexity index is 2720. The SMILES string of the molecule is c1ccc(-c2cc3c4c(c2)N(c2cccc5c2sc2ccccc25)c2c(ccc5c2sc2ccccc25)B4c2ccccc2-3)cc1. The minimum absolute atomic E-state index is 0.188. The predicted molar refractivity (Wildman–Crippen MR) is 202 cm³/mol. The maximum absolute atomic E-state index is 2.64. The first-order valence-electron chi connectivity index (χ1n) is 15.8. The van der Waals surface area contributed by atoms with E-state index in [2.05, 4.69) is 150 Å². The summed E-state index contributed by atoms with van der Waals surface area (Å²) in [5, 5.41) is 5.32. The second-order valence-electron chi connectivity index (χ2n) is 12.4. The maximum Gasteiger partial charge on any atom is 0.248 e. The molecular formula is C42H24BNS2. The number of anilines is 3. The van der Waals surface area contributed by atoms with Crippen LogP contribution in [0, 0.1) is 0 Å². The molecule has 11 rings (SSSR count). The van der Waals surface area contributed by atoms with Gasteiger partial charge in [-0.3, -0.25) is 0 Å². The first kappa shape index (κ1) is 25.1. The first-order chi connectivity index (χ1) is 22.8. The van der Waals surface area contributed by atoms with Crippen LogP contribution in [-0.2, 0) is 0 Å². The van der Waals surface area contributed by atoms with Gasteiger partial charge in [-0.25, -0.2) is 0 Å². The van der Waals surface area contributed by atoms with Gasteiger partial charge in [-0.15, -0.1) is 22.7 Å². The van der Waals surface area contributed by atoms with Gasteiger partial charge in [-0.05, 0) is 63.5 Å². The molecule has 7 aromatic carbocycles. The van der Waals surface area contributed by atoms with Gasteiger partial charge in [0.1, 0.15) is 0 Å². The van der Waals surface area contributed by atoms with E-state index in [1.807, 2.05) is 22.7 Å². The molecule has 0 spiro atoms. The average Bonchev–Trinajstić information content (AvgIpc) is 3.79. The molecule has 46 heavy (non-hydrogen) atoms. The molecule has 0 atom stereocenters. The van der Waals surface area contributed by atoms with Crippen molar-refractivity contribution in [3.8, 4) is 22.3 Å². The van der Waals surface area contributed by atoms with Crippen molar-refractivity contribution in [1.29, 1.82) is 0 Å². The summed E-state index contributed by atoms with van der Waals surface area (Å²) in [6.07, 6.45) is 0. The molecule has 2 aromatic heterocycles. The Labute approximate surface area is 274 Å². The summed E-state index contributed by atoms with van der Waals surface area (Å²) in [6.45, 7) is 0.188. The van der Waals surface area contributed by atoms with Gasteiger partial charge in [-0.2, -0.15) is 0 Å². The highest BCUT2D eigenvalue weighted by atomic mass is 32.1. The van der Waals surface area contributed by atoms with E-state index in [0.29, 0.717) is 0 Å². The summed E-state index contributed by atoms with van der Waals surface area (Å²) >= 11 is 3.84. The van der Waals surface area contributed by atoms with Crippen molar-refractivity contribution in [2.75, 3.05) is 4.90 Å². The van der Waals surface area contributed by atoms with Crippen molar-refractivity contribution in [2.45, 2.75) is 0 Å². The minimum Gasteiger partial charge on any atom is -0.309 e. The monoisotopic (exact) mass is 617 g/mol. The van der Waals surface area contributed by atoms with Crippen LogP contribution in [0.4, 0.5) is 17.1 Å². The number of hydrogen-bond acceptors (Lipinski definition) is 3. The van der Waals surface area contributed by atoms with Crippen LogP contribution in [0.25, 0.3) is 62.6 Å². The lowest BCUT2D eigenvalue weighted by atomic mass is 9.37. The molecule has 0 aliphatic carbocycles. The minimum atomic E-state index is 0.188. The van der Waals surface area contributed by atoms with Crippen LogP contribution in [-0.4, -0.2) is 6.71 Å². The third-order valence-corrected chi connectivity index (χ3v) is 12.5. The summed E-state index contributed by atoms with van der Waals surface area (Å²) in [5.41, 5.74) is 13.3. The normalized spacial score (nSPS) is 13.1. The molecule has 212 valence electrons. The van der Waals surface area contributed by atoms with Crippen molar-refractivity contribution >= 4 is 103 Å². The van der Waals surface area contributed by atoms with Crippen molar-refractivity contribution in [3.05, 3.63) is 146 Å². The smallest absolute Gasteiger partial charge is 0.248 e. The van der Waals surface area contributed by atoms with E-state index in [1.165, 1.54) is 96.0 Å². The number of rotatable bonds is 2. The Balaban J connectivity index is 1.33. The van der Waals surface area contributed by atoms with E-state index in [0.717, 1.165) is 0 Å². The van der Waals surface area contributed by atoms with Crippen molar-refractivity contribution in [3.63, 3.8) is 0 Å². The zero-order valence-corrected chi connectivity index (χ0v) is 26.3. The Morgan fingerprint density at radius 2 is 1.11 bits per heavy atom. The van der Waals surface area contributed by atoms with Crippen LogP contribution in [0.1, 0.15) is 0 Å². The number of thiophene rings is 2. The van der Waals surface area contributed by atoms with Crippen molar-refractivity contribution < 1.29 is 0 Å². The third-order valence-electron chi connectivity index (χ3n) is 10.1. The zero-order chi connectivity index (χ0) is 29.9. The average molecular weight is 618 g/mol. The molecule has 1 nitrogen and oxygen atoms in total. The van der Waals surface area contributed by atoms with Gasteiger partial charge in [0.15, 0.2) is 0 Å². The standard InChI is InChI=1S/C42H24BNS2/c1-2-11-25(12-3-1)26-23-32-27-13-4-7-17-33(27)43-34-22-21-31-29-15-6-9-20-38(29)46-42(31)40(34)44(36(24-26)39(32)43)35-18-10-16-30-28-14-5-8-19-37(28)45-41(30)35/h1-24H. The van der Waals surface area contributed by atoms with E-state index in [1.54, 1.807) is 0 Å². The third kappa shape index (κ3) is 3.25. The summed E-state index contributed by atoms with van der Waals surface area (Å²) in [6, 6.07) is 54.3. The van der Waals surface area contributed by atoms with Gasteiger partial charge < -0.3 is 4.90 Å². The lowest BCUT2D eigenvalue weighted by Crippen LogP contribution is -2.54. The molecule has 0 unspecified atom stereocenters. The van der Waals surface area contributed by atoms with Gasteiger partial charge in [-0.1, -0.05) is 121 Å². The van der Waals surface area contributed by atoms with Crippen molar-refractivity contribution in [2.24, 2.45) is 0 Å². The Morgan fingerprint density at radius 3 is 1.93 bits per heavy atom. The van der Waals surface area contributed by atoms with Crippen LogP contribution < -0.4 is 21.3 Å². The maximum atomic E-state index is 2.64. The molecule has 2 aliphatic rings. The van der Waals surface area contributed by atoms with E-state index in [-0.39, 0.29) is 6.71 Å². The molecule has 0 saturated carbocycles.